The van der Waals surface area contributed by atoms with Crippen LogP contribution in [-0.4, -0.2) is 6.29 Å². The van der Waals surface area contributed by atoms with Gasteiger partial charge in [-0.3, -0.25) is 0 Å². The van der Waals surface area contributed by atoms with Crippen LogP contribution in [0.3, 0.4) is 0 Å². The third-order valence-corrected chi connectivity index (χ3v) is 4.50. The number of alkyl halides is 1. The Morgan fingerprint density at radius 2 is 1.46 bits per heavy atom. The smallest absolute Gasteiger partial charge is 0.222 e. The lowest BCUT2D eigenvalue weighted by Crippen LogP contribution is -2.68. The van der Waals surface area contributed by atoms with Crippen LogP contribution in [0.2, 0.25) is 0 Å². The topological polar surface area (TPSA) is 104 Å². The number of benzene rings is 3. The maximum absolute atomic E-state index is 8.49. The van der Waals surface area contributed by atoms with Crippen LogP contribution in [-0.2, 0) is 15.7 Å². The molecule has 1 heterocycles. The number of halogens is 2. The zero-order valence-corrected chi connectivity index (χ0v) is 14.9. The molecule has 0 saturated carbocycles. The summed E-state index contributed by atoms with van der Waals surface area (Å²) in [7, 11) is -4.94. The lowest BCUT2D eigenvalue weighted by atomic mass is 9.88. The molecule has 0 aliphatic carbocycles. The minimum Gasteiger partial charge on any atom is -0.222 e. The number of carbonyl (C=O) groups excluding carboxylic acids is 1. The fraction of sp³-hybridized carbons (Fsp3) is 0.105. The molecule has 0 aromatic heterocycles. The minimum absolute atomic E-state index is 0.613. The van der Waals surface area contributed by atoms with E-state index in [1.54, 1.807) is 6.29 Å². The van der Waals surface area contributed by atoms with Crippen molar-refractivity contribution >= 4 is 28.7 Å². The molecule has 5 nitrogen and oxygen atoms in total. The van der Waals surface area contributed by atoms with E-state index >= 15 is 0 Å². The van der Waals surface area contributed by atoms with Crippen molar-refractivity contribution in [2.24, 2.45) is 0 Å². The molecule has 3 aromatic carbocycles. The maximum atomic E-state index is 8.49. The van der Waals surface area contributed by atoms with Gasteiger partial charge in [0.2, 0.25) is 0 Å². The summed E-state index contributed by atoms with van der Waals surface area (Å²) in [5, 5.41) is 2.43. The molecule has 3 aromatic rings. The first-order chi connectivity index (χ1) is 12.3. The van der Waals surface area contributed by atoms with Crippen LogP contribution >= 0.6 is 11.6 Å². The van der Waals surface area contributed by atoms with Crippen molar-refractivity contribution < 1.29 is 33.3 Å². The number of rotatable bonds is 1. The summed E-state index contributed by atoms with van der Waals surface area (Å²) >= 11 is 6.85. The molecule has 0 radical (unpaired) electrons. The van der Waals surface area contributed by atoms with E-state index in [9.17, 15) is 0 Å². The molecule has 7 heteroatoms. The Labute approximate surface area is 157 Å². The van der Waals surface area contributed by atoms with Crippen LogP contribution in [0.5, 0.6) is 5.75 Å². The van der Waals surface area contributed by atoms with Gasteiger partial charge in [-0.05, 0) is 22.4 Å². The Morgan fingerprint density at radius 3 is 2.15 bits per heavy atom. The Morgan fingerprint density at radius 1 is 0.846 bits per heavy atom. The van der Waals surface area contributed by atoms with Gasteiger partial charge in [-0.25, -0.2) is 23.1 Å². The van der Waals surface area contributed by atoms with E-state index in [-0.39, 0.29) is 0 Å². The zero-order valence-electron chi connectivity index (χ0n) is 13.4. The van der Waals surface area contributed by atoms with Crippen LogP contribution in [0.15, 0.2) is 66.7 Å². The van der Waals surface area contributed by atoms with Crippen molar-refractivity contribution in [2.75, 3.05) is 0 Å². The summed E-state index contributed by atoms with van der Waals surface area (Å²) < 4.78 is 39.8. The van der Waals surface area contributed by atoms with E-state index in [0.29, 0.717) is 0 Å². The van der Waals surface area contributed by atoms with Gasteiger partial charge in [-0.15, -0.1) is 10.2 Å². The Hall–Kier alpha value is -1.99. The van der Waals surface area contributed by atoms with Gasteiger partial charge in [-0.1, -0.05) is 66.2 Å². The highest BCUT2D eigenvalue weighted by Crippen LogP contribution is 2.40. The number of hydrogen-bond acceptors (Lipinski definition) is 4. The molecule has 4 rings (SSSR count). The number of fused-ring (bicyclic) bond motifs is 3. The predicted octanol–water partition coefficient (Wildman–Crippen LogP) is 0.222. The van der Waals surface area contributed by atoms with E-state index in [1.165, 1.54) is 16.3 Å². The Kier molecular flexibility index (Phi) is 5.29. The highest BCUT2D eigenvalue weighted by Gasteiger charge is 2.40. The Balaban J connectivity index is 0.000000349. The highest BCUT2D eigenvalue weighted by atomic mass is 35.7. The summed E-state index contributed by atoms with van der Waals surface area (Å²) in [6, 6.07) is 22.6. The van der Waals surface area contributed by atoms with Crippen molar-refractivity contribution in [3.63, 3.8) is 0 Å². The predicted molar refractivity (Wildman–Crippen MR) is 87.1 cm³/mol. The van der Waals surface area contributed by atoms with Crippen molar-refractivity contribution in [3.8, 4) is 5.75 Å². The molecule has 1 aliphatic heterocycles. The largest absolute Gasteiger partial charge is 0.356 e. The molecule has 26 heavy (non-hydrogen) atoms. The van der Waals surface area contributed by atoms with Gasteiger partial charge in [0.05, 0.1) is 5.56 Å². The molecule has 0 amide bonds. The Bertz CT molecular complexity index is 932. The van der Waals surface area contributed by atoms with Gasteiger partial charge in [0.25, 0.3) is 0 Å². The van der Waals surface area contributed by atoms with Crippen molar-refractivity contribution in [2.45, 2.75) is 11.3 Å². The van der Waals surface area contributed by atoms with Gasteiger partial charge in [0.15, 0.2) is 4.87 Å². The van der Waals surface area contributed by atoms with Crippen molar-refractivity contribution in [3.05, 3.63) is 77.9 Å². The van der Waals surface area contributed by atoms with Crippen LogP contribution in [0.25, 0.3) is 10.8 Å². The quantitative estimate of drug-likeness (QED) is 0.335. The van der Waals surface area contributed by atoms with E-state index in [4.69, 9.17) is 34.7 Å². The van der Waals surface area contributed by atoms with Crippen LogP contribution in [0.1, 0.15) is 11.1 Å². The molecular formula is C19H14Cl2O5. The summed E-state index contributed by atoms with van der Waals surface area (Å²) in [4.78, 5) is -0.613. The summed E-state index contributed by atoms with van der Waals surface area (Å²) in [5.74, 6) is 0.904. The second kappa shape index (κ2) is 7.32. The minimum atomic E-state index is -4.94. The van der Waals surface area contributed by atoms with Crippen LogP contribution < -0.4 is 18.6 Å². The first kappa shape index (κ1) is 18.8. The van der Waals surface area contributed by atoms with E-state index < -0.39 is 15.1 Å². The van der Waals surface area contributed by atoms with Gasteiger partial charge in [-0.2, -0.15) is 0 Å². The lowest BCUT2D eigenvalue weighted by molar-refractivity contribution is -2.00. The number of hydrogen-bond donors (Lipinski definition) is 0. The maximum Gasteiger partial charge on any atom is 0.356 e. The molecule has 0 bridgehead atoms. The van der Waals surface area contributed by atoms with Crippen molar-refractivity contribution in [1.29, 1.82) is 0 Å². The summed E-state index contributed by atoms with van der Waals surface area (Å²) in [6.07, 6.45) is 2.48. The molecule has 0 N–H and O–H groups in total. The first-order valence-electron chi connectivity index (χ1n) is 7.64. The molecular weight excluding hydrogens is 379 g/mol. The van der Waals surface area contributed by atoms with Gasteiger partial charge < -0.3 is 0 Å². The lowest BCUT2D eigenvalue weighted by Gasteiger charge is -2.21. The number of aldehydes is 1. The molecule has 1 atom stereocenters. The first-order valence-corrected chi connectivity index (χ1v) is 9.25. The van der Waals surface area contributed by atoms with Crippen LogP contribution in [0, 0.1) is 10.2 Å². The SMILES string of the molecule is ClC1(c2ccccc2)C=[O+]c2ccc3ccccc3c2C1.[O-][Cl+3]([O-])([O-])[O-]. The highest BCUT2D eigenvalue weighted by molar-refractivity contribution is 6.32. The van der Waals surface area contributed by atoms with E-state index in [2.05, 4.69) is 30.3 Å². The second-order valence-corrected chi connectivity index (χ2v) is 7.21. The second-order valence-electron chi connectivity index (χ2n) is 5.78. The van der Waals surface area contributed by atoms with E-state index in [0.717, 1.165) is 17.7 Å². The van der Waals surface area contributed by atoms with Gasteiger partial charge in [0, 0.05) is 12.5 Å². The zero-order chi connectivity index (χ0) is 18.8. The van der Waals surface area contributed by atoms with Gasteiger partial charge >= 0.3 is 12.0 Å². The average molecular weight is 393 g/mol. The van der Waals surface area contributed by atoms with Crippen LogP contribution in [0.4, 0.5) is 0 Å². The third-order valence-electron chi connectivity index (χ3n) is 4.06. The standard InChI is InChI=1S/C19H14ClO.ClHO4/c20-19(15-7-2-1-3-8-15)12-17-16-9-5-4-6-14(16)10-11-18(17)21-13-19;2-1(3,4)5/h1-11,13H,12H2;(H,2,3,4,5)/q+1;/p-1. The monoisotopic (exact) mass is 392 g/mol. The normalized spacial score (nSPS) is 18.8. The fourth-order valence-electron chi connectivity index (χ4n) is 2.95. The summed E-state index contributed by atoms with van der Waals surface area (Å²) in [6.45, 7) is 0. The van der Waals surface area contributed by atoms with Gasteiger partial charge in [0.1, 0.15) is 0 Å². The molecule has 134 valence electrons. The molecule has 0 spiro atoms. The third kappa shape index (κ3) is 4.40. The average Bonchev–Trinajstić information content (AvgIpc) is 2.61. The van der Waals surface area contributed by atoms with E-state index in [1.807, 2.05) is 36.4 Å². The summed E-state index contributed by atoms with van der Waals surface area (Å²) in [5.41, 5.74) is 2.24. The fourth-order valence-corrected chi connectivity index (χ4v) is 3.25. The molecule has 1 unspecified atom stereocenters. The van der Waals surface area contributed by atoms with Crippen molar-refractivity contribution in [1.82, 2.24) is 0 Å². The molecule has 1 aliphatic rings. The molecule has 0 fully saturated rings. The molecule has 0 saturated heterocycles.